The molecule has 31 heavy (non-hydrogen) atoms. The average Bonchev–Trinajstić information content (AvgIpc) is 3.13. The van der Waals surface area contributed by atoms with Gasteiger partial charge in [0.1, 0.15) is 5.82 Å². The molecule has 0 saturated carbocycles. The van der Waals surface area contributed by atoms with Crippen LogP contribution in [0.4, 0.5) is 5.69 Å². The molecule has 2 amide bonds. The van der Waals surface area contributed by atoms with Gasteiger partial charge in [-0.3, -0.25) is 14.4 Å². The Balaban J connectivity index is 1.55. The number of aromatic amines is 1. The van der Waals surface area contributed by atoms with Crippen molar-refractivity contribution in [2.45, 2.75) is 39.8 Å². The maximum atomic E-state index is 13.3. The summed E-state index contributed by atoms with van der Waals surface area (Å²) in [5, 5.41) is 0.517. The highest BCUT2D eigenvalue weighted by atomic mass is 16.2. The fourth-order valence-corrected chi connectivity index (χ4v) is 3.97. The lowest BCUT2D eigenvalue weighted by atomic mass is 10.1. The third-order valence-corrected chi connectivity index (χ3v) is 5.71. The summed E-state index contributed by atoms with van der Waals surface area (Å²) >= 11 is 0. The molecule has 1 N–H and O–H groups in total. The van der Waals surface area contributed by atoms with Crippen LogP contribution in [0.1, 0.15) is 31.7 Å². The van der Waals surface area contributed by atoms with E-state index < -0.39 is 5.92 Å². The Bertz CT molecular complexity index is 1180. The molecule has 7 nitrogen and oxygen atoms in total. The first kappa shape index (κ1) is 20.8. The van der Waals surface area contributed by atoms with Crippen molar-refractivity contribution < 1.29 is 9.59 Å². The Morgan fingerprint density at radius 2 is 1.87 bits per heavy atom. The van der Waals surface area contributed by atoms with Crippen LogP contribution in [0.3, 0.4) is 0 Å². The van der Waals surface area contributed by atoms with Crippen molar-refractivity contribution in [3.05, 3.63) is 70.3 Å². The van der Waals surface area contributed by atoms with Crippen molar-refractivity contribution in [2.24, 2.45) is 5.92 Å². The van der Waals surface area contributed by atoms with Crippen molar-refractivity contribution >= 4 is 28.4 Å². The molecule has 0 aliphatic carbocycles. The lowest BCUT2D eigenvalue weighted by Gasteiger charge is -2.29. The summed E-state index contributed by atoms with van der Waals surface area (Å²) in [6, 6.07) is 14.7. The van der Waals surface area contributed by atoms with Crippen LogP contribution < -0.4 is 10.5 Å². The molecular weight excluding hydrogens is 392 g/mol. The molecule has 0 bridgehead atoms. The van der Waals surface area contributed by atoms with E-state index in [9.17, 15) is 14.4 Å². The molecule has 3 aromatic rings. The minimum atomic E-state index is -0.427. The molecule has 0 spiro atoms. The Kier molecular flexibility index (Phi) is 5.59. The molecule has 0 radical (unpaired) electrons. The van der Waals surface area contributed by atoms with E-state index in [0.717, 1.165) is 11.3 Å². The quantitative estimate of drug-likeness (QED) is 0.690. The first-order valence-corrected chi connectivity index (χ1v) is 10.5. The number of fused-ring (bicyclic) bond motifs is 1. The maximum Gasteiger partial charge on any atom is 0.258 e. The molecule has 2 aromatic carbocycles. The standard InChI is InChI=1S/C24H26N4O3/c1-15(2)27(14-21-25-20-7-5-4-6-19(20)23(30)26-21)24(31)17-12-22(29)28(13-17)18-10-8-16(3)9-11-18/h4-11,15,17H,12-14H2,1-3H3,(H,25,26,30). The van der Waals surface area contributed by atoms with Crippen LogP contribution in [0.15, 0.2) is 53.3 Å². The molecule has 2 heterocycles. The summed E-state index contributed by atoms with van der Waals surface area (Å²) in [4.78, 5) is 49.0. The topological polar surface area (TPSA) is 86.4 Å². The largest absolute Gasteiger partial charge is 0.332 e. The molecule has 1 atom stereocenters. The lowest BCUT2D eigenvalue weighted by Crippen LogP contribution is -2.42. The number of para-hydroxylation sites is 1. The number of nitrogens with zero attached hydrogens (tertiary/aromatic N) is 3. The van der Waals surface area contributed by atoms with E-state index in [1.54, 1.807) is 28.0 Å². The van der Waals surface area contributed by atoms with Crippen molar-refractivity contribution in [1.29, 1.82) is 0 Å². The molecule has 4 rings (SSSR count). The van der Waals surface area contributed by atoms with E-state index in [1.807, 2.05) is 51.1 Å². The predicted molar refractivity (Wildman–Crippen MR) is 120 cm³/mol. The summed E-state index contributed by atoms with van der Waals surface area (Å²) in [5.41, 5.74) is 2.30. The number of amides is 2. The Hall–Kier alpha value is -3.48. The first-order chi connectivity index (χ1) is 14.8. The van der Waals surface area contributed by atoms with Crippen molar-refractivity contribution in [2.75, 3.05) is 11.4 Å². The van der Waals surface area contributed by atoms with Crippen molar-refractivity contribution in [1.82, 2.24) is 14.9 Å². The summed E-state index contributed by atoms with van der Waals surface area (Å²) < 4.78 is 0. The van der Waals surface area contributed by atoms with Crippen LogP contribution >= 0.6 is 0 Å². The number of aryl methyl sites for hydroxylation is 1. The van der Waals surface area contributed by atoms with Gasteiger partial charge >= 0.3 is 0 Å². The fraction of sp³-hybridized carbons (Fsp3) is 0.333. The SMILES string of the molecule is Cc1ccc(N2CC(C(=O)N(Cc3nc4ccccc4c(=O)[nH]3)C(C)C)CC2=O)cc1. The second kappa shape index (κ2) is 8.34. The molecule has 1 aromatic heterocycles. The van der Waals surface area contributed by atoms with E-state index >= 15 is 0 Å². The van der Waals surface area contributed by atoms with Crippen molar-refractivity contribution in [3.63, 3.8) is 0 Å². The monoisotopic (exact) mass is 418 g/mol. The Morgan fingerprint density at radius 1 is 1.16 bits per heavy atom. The molecule has 1 saturated heterocycles. The van der Waals surface area contributed by atoms with Gasteiger partial charge in [-0.25, -0.2) is 4.98 Å². The van der Waals surface area contributed by atoms with Crippen LogP contribution in [0.5, 0.6) is 0 Å². The highest BCUT2D eigenvalue weighted by Gasteiger charge is 2.38. The number of H-pyrrole nitrogens is 1. The number of carbonyl (C=O) groups is 2. The second-order valence-electron chi connectivity index (χ2n) is 8.33. The van der Waals surface area contributed by atoms with Gasteiger partial charge in [0.05, 0.1) is 23.4 Å². The highest BCUT2D eigenvalue weighted by Crippen LogP contribution is 2.27. The lowest BCUT2D eigenvalue weighted by molar-refractivity contribution is -0.138. The zero-order valence-corrected chi connectivity index (χ0v) is 18.0. The number of anilines is 1. The van der Waals surface area contributed by atoms with Crippen LogP contribution in [-0.2, 0) is 16.1 Å². The van der Waals surface area contributed by atoms with Gasteiger partial charge in [-0.2, -0.15) is 0 Å². The van der Waals surface area contributed by atoms with Gasteiger partial charge in [-0.05, 0) is 45.0 Å². The van der Waals surface area contributed by atoms with Gasteiger partial charge in [-0.1, -0.05) is 29.8 Å². The van der Waals surface area contributed by atoms with Crippen LogP contribution in [0.2, 0.25) is 0 Å². The number of carbonyl (C=O) groups excluding carboxylic acids is 2. The van der Waals surface area contributed by atoms with Crippen LogP contribution in [0, 0.1) is 12.8 Å². The van der Waals surface area contributed by atoms with Gasteiger partial charge in [0, 0.05) is 24.7 Å². The summed E-state index contributed by atoms with van der Waals surface area (Å²) in [7, 11) is 0. The number of benzene rings is 2. The molecule has 160 valence electrons. The summed E-state index contributed by atoms with van der Waals surface area (Å²) in [5.74, 6) is -0.147. The van der Waals surface area contributed by atoms with Gasteiger partial charge in [0.2, 0.25) is 11.8 Å². The third kappa shape index (κ3) is 4.21. The Morgan fingerprint density at radius 3 is 2.58 bits per heavy atom. The van der Waals surface area contributed by atoms with Gasteiger partial charge in [0.15, 0.2) is 0 Å². The summed E-state index contributed by atoms with van der Waals surface area (Å²) in [6.07, 6.45) is 0.178. The van der Waals surface area contributed by atoms with Crippen LogP contribution in [0.25, 0.3) is 10.9 Å². The molecule has 7 heteroatoms. The molecule has 1 aliphatic rings. The average molecular weight is 418 g/mol. The zero-order valence-electron chi connectivity index (χ0n) is 18.0. The van der Waals surface area contributed by atoms with E-state index in [4.69, 9.17) is 0 Å². The molecule has 1 unspecified atom stereocenters. The normalized spacial score (nSPS) is 16.3. The first-order valence-electron chi connectivity index (χ1n) is 10.5. The van der Waals surface area contributed by atoms with Gasteiger partial charge < -0.3 is 14.8 Å². The number of hydrogen-bond donors (Lipinski definition) is 1. The minimum absolute atomic E-state index is 0.0526. The molecule has 1 fully saturated rings. The van der Waals surface area contributed by atoms with Crippen molar-refractivity contribution in [3.8, 4) is 0 Å². The smallest absolute Gasteiger partial charge is 0.258 e. The fourth-order valence-electron chi connectivity index (χ4n) is 3.97. The number of aromatic nitrogens is 2. The predicted octanol–water partition coefficient (Wildman–Crippen LogP) is 3.02. The third-order valence-electron chi connectivity index (χ3n) is 5.71. The van der Waals surface area contributed by atoms with Gasteiger partial charge in [0.25, 0.3) is 5.56 Å². The molecular formula is C24H26N4O3. The van der Waals surface area contributed by atoms with E-state index in [0.29, 0.717) is 23.3 Å². The van der Waals surface area contributed by atoms with E-state index in [1.165, 1.54) is 0 Å². The van der Waals surface area contributed by atoms with Crippen LogP contribution in [-0.4, -0.2) is 39.3 Å². The molecule has 1 aliphatic heterocycles. The number of nitrogens with one attached hydrogen (secondary N) is 1. The zero-order chi connectivity index (χ0) is 22.1. The van der Waals surface area contributed by atoms with E-state index in [2.05, 4.69) is 9.97 Å². The maximum absolute atomic E-state index is 13.3. The number of rotatable bonds is 5. The second-order valence-corrected chi connectivity index (χ2v) is 8.33. The number of hydrogen-bond acceptors (Lipinski definition) is 4. The Labute approximate surface area is 180 Å². The highest BCUT2D eigenvalue weighted by molar-refractivity contribution is 6.00. The minimum Gasteiger partial charge on any atom is -0.332 e. The summed E-state index contributed by atoms with van der Waals surface area (Å²) in [6.45, 7) is 6.38. The van der Waals surface area contributed by atoms with Gasteiger partial charge in [-0.15, -0.1) is 0 Å². The van der Waals surface area contributed by atoms with E-state index in [-0.39, 0.29) is 36.4 Å².